The van der Waals surface area contributed by atoms with E-state index in [4.69, 9.17) is 10.5 Å². The molecule has 0 aliphatic carbocycles. The van der Waals surface area contributed by atoms with Crippen LogP contribution in [0.2, 0.25) is 0 Å². The summed E-state index contributed by atoms with van der Waals surface area (Å²) in [6.45, 7) is 0.933. The van der Waals surface area contributed by atoms with E-state index >= 15 is 0 Å². The molecule has 1 aliphatic rings. The molecule has 1 heterocycles. The van der Waals surface area contributed by atoms with Crippen LogP contribution in [0.4, 0.5) is 17.1 Å². The number of aliphatic hydroxyl groups excluding tert-OH is 1. The van der Waals surface area contributed by atoms with E-state index in [2.05, 4.69) is 11.0 Å². The van der Waals surface area contributed by atoms with Gasteiger partial charge in [-0.1, -0.05) is 18.2 Å². The fraction of sp³-hybridized carbons (Fsp3) is 0.294. The molecule has 21 heavy (non-hydrogen) atoms. The molecule has 3 rings (SSSR count). The highest BCUT2D eigenvalue weighted by atomic mass is 16.5. The third kappa shape index (κ3) is 2.54. The molecule has 2 aromatic rings. The molecule has 0 fully saturated rings. The molecule has 0 amide bonds. The molecule has 0 saturated carbocycles. The Morgan fingerprint density at radius 1 is 1.24 bits per heavy atom. The second kappa shape index (κ2) is 5.66. The highest BCUT2D eigenvalue weighted by molar-refractivity contribution is 5.74. The Morgan fingerprint density at radius 2 is 2.05 bits per heavy atom. The number of nitrogens with zero attached hydrogens (tertiary/aromatic N) is 1. The monoisotopic (exact) mass is 284 g/mol. The molecule has 0 bridgehead atoms. The minimum Gasteiger partial charge on any atom is -0.495 e. The lowest BCUT2D eigenvalue weighted by Crippen LogP contribution is -2.34. The average Bonchev–Trinajstić information content (AvgIpc) is 2.53. The molecule has 4 heteroatoms. The zero-order valence-corrected chi connectivity index (χ0v) is 12.1. The van der Waals surface area contributed by atoms with Gasteiger partial charge in [-0.25, -0.2) is 0 Å². The maximum absolute atomic E-state index is 9.58. The van der Waals surface area contributed by atoms with Gasteiger partial charge in [0.1, 0.15) is 5.75 Å². The number of fused-ring (bicyclic) bond motifs is 1. The molecule has 1 aliphatic heterocycles. The van der Waals surface area contributed by atoms with Crippen LogP contribution in [0.3, 0.4) is 0 Å². The summed E-state index contributed by atoms with van der Waals surface area (Å²) in [7, 11) is 1.67. The largest absolute Gasteiger partial charge is 0.495 e. The van der Waals surface area contributed by atoms with Crippen molar-refractivity contribution in [3.8, 4) is 5.75 Å². The summed E-state index contributed by atoms with van der Waals surface area (Å²) in [4.78, 5) is 2.19. The molecule has 110 valence electrons. The predicted molar refractivity (Wildman–Crippen MR) is 85.1 cm³/mol. The Hall–Kier alpha value is -2.20. The van der Waals surface area contributed by atoms with Crippen molar-refractivity contribution in [3.05, 3.63) is 48.0 Å². The Morgan fingerprint density at radius 3 is 2.81 bits per heavy atom. The van der Waals surface area contributed by atoms with Crippen LogP contribution in [0.1, 0.15) is 5.56 Å². The minimum atomic E-state index is 0.176. The quantitative estimate of drug-likeness (QED) is 0.851. The van der Waals surface area contributed by atoms with E-state index < -0.39 is 0 Å². The SMILES string of the molecule is COc1ccccc1N1CC(CO)Cc2ccc(N)cc21. The van der Waals surface area contributed by atoms with Gasteiger partial charge in [0.2, 0.25) is 0 Å². The number of hydrogen-bond acceptors (Lipinski definition) is 4. The van der Waals surface area contributed by atoms with E-state index in [1.54, 1.807) is 7.11 Å². The number of hydrogen-bond donors (Lipinski definition) is 2. The molecule has 0 aromatic heterocycles. The molecule has 0 spiro atoms. The number of anilines is 3. The van der Waals surface area contributed by atoms with E-state index in [9.17, 15) is 5.11 Å². The van der Waals surface area contributed by atoms with Crippen LogP contribution in [0.5, 0.6) is 5.75 Å². The van der Waals surface area contributed by atoms with Crippen molar-refractivity contribution >= 4 is 17.1 Å². The van der Waals surface area contributed by atoms with Gasteiger partial charge in [0.15, 0.2) is 0 Å². The molecule has 1 unspecified atom stereocenters. The van der Waals surface area contributed by atoms with Crippen molar-refractivity contribution in [1.29, 1.82) is 0 Å². The Labute approximate surface area is 124 Å². The van der Waals surface area contributed by atoms with E-state index in [0.29, 0.717) is 0 Å². The van der Waals surface area contributed by atoms with Crippen molar-refractivity contribution < 1.29 is 9.84 Å². The van der Waals surface area contributed by atoms with Gasteiger partial charge in [0, 0.05) is 30.4 Å². The van der Waals surface area contributed by atoms with Crippen LogP contribution >= 0.6 is 0 Å². The number of benzene rings is 2. The summed E-state index contributed by atoms with van der Waals surface area (Å²) in [5.41, 5.74) is 10.0. The van der Waals surface area contributed by atoms with Gasteiger partial charge in [0.05, 0.1) is 12.8 Å². The van der Waals surface area contributed by atoms with Crippen molar-refractivity contribution in [2.24, 2.45) is 5.92 Å². The molecular formula is C17H20N2O2. The number of ether oxygens (including phenoxy) is 1. The summed E-state index contributed by atoms with van der Waals surface area (Å²) >= 11 is 0. The summed E-state index contributed by atoms with van der Waals surface area (Å²) < 4.78 is 5.48. The summed E-state index contributed by atoms with van der Waals surface area (Å²) in [5, 5.41) is 9.58. The number of aliphatic hydroxyl groups is 1. The van der Waals surface area contributed by atoms with E-state index in [0.717, 1.165) is 35.8 Å². The van der Waals surface area contributed by atoms with Gasteiger partial charge >= 0.3 is 0 Å². The average molecular weight is 284 g/mol. The van der Waals surface area contributed by atoms with Gasteiger partial charge in [-0.3, -0.25) is 0 Å². The molecule has 3 N–H and O–H groups in total. The first-order valence-electron chi connectivity index (χ1n) is 7.12. The second-order valence-electron chi connectivity index (χ2n) is 5.42. The van der Waals surface area contributed by atoms with Crippen LogP contribution < -0.4 is 15.4 Å². The van der Waals surface area contributed by atoms with Crippen LogP contribution in [0.25, 0.3) is 0 Å². The van der Waals surface area contributed by atoms with E-state index in [1.807, 2.05) is 36.4 Å². The predicted octanol–water partition coefficient (Wildman–Crippen LogP) is 2.58. The lowest BCUT2D eigenvalue weighted by atomic mass is 9.92. The summed E-state index contributed by atoms with van der Waals surface area (Å²) in [6, 6.07) is 13.9. The number of nitrogen functional groups attached to an aromatic ring is 1. The van der Waals surface area contributed by atoms with Crippen LogP contribution in [0, 0.1) is 5.92 Å². The zero-order valence-electron chi connectivity index (χ0n) is 12.1. The number of rotatable bonds is 3. The standard InChI is InChI=1S/C17H20N2O2/c1-21-17-5-3-2-4-15(17)19-10-12(11-20)8-13-6-7-14(18)9-16(13)19/h2-7,9,12,20H,8,10-11,18H2,1H3. The molecular weight excluding hydrogens is 264 g/mol. The smallest absolute Gasteiger partial charge is 0.142 e. The number of methoxy groups -OCH3 is 1. The molecule has 0 saturated heterocycles. The lowest BCUT2D eigenvalue weighted by Gasteiger charge is -2.36. The fourth-order valence-corrected chi connectivity index (χ4v) is 2.94. The fourth-order valence-electron chi connectivity index (χ4n) is 2.94. The maximum atomic E-state index is 9.58. The molecule has 4 nitrogen and oxygen atoms in total. The Bertz CT molecular complexity index is 642. The van der Waals surface area contributed by atoms with Crippen molar-refractivity contribution in [1.82, 2.24) is 0 Å². The van der Waals surface area contributed by atoms with Crippen molar-refractivity contribution in [2.75, 3.05) is 30.9 Å². The first-order chi connectivity index (χ1) is 10.2. The topological polar surface area (TPSA) is 58.7 Å². The van der Waals surface area contributed by atoms with Gasteiger partial charge in [-0.2, -0.15) is 0 Å². The van der Waals surface area contributed by atoms with Crippen molar-refractivity contribution in [2.45, 2.75) is 6.42 Å². The third-order valence-electron chi connectivity index (χ3n) is 3.98. The lowest BCUT2D eigenvalue weighted by molar-refractivity contribution is 0.226. The molecule has 0 radical (unpaired) electrons. The van der Waals surface area contributed by atoms with Gasteiger partial charge < -0.3 is 20.5 Å². The normalized spacial score (nSPS) is 17.4. The first-order valence-corrected chi connectivity index (χ1v) is 7.12. The molecule has 1 atom stereocenters. The van der Waals surface area contributed by atoms with E-state index in [1.165, 1.54) is 5.56 Å². The highest BCUT2D eigenvalue weighted by Gasteiger charge is 2.26. The number of para-hydroxylation sites is 2. The Kier molecular flexibility index (Phi) is 3.71. The Balaban J connectivity index is 2.11. The van der Waals surface area contributed by atoms with Gasteiger partial charge in [-0.05, 0) is 36.2 Å². The van der Waals surface area contributed by atoms with Crippen LogP contribution in [-0.4, -0.2) is 25.4 Å². The third-order valence-corrected chi connectivity index (χ3v) is 3.98. The zero-order chi connectivity index (χ0) is 14.8. The van der Waals surface area contributed by atoms with Crippen molar-refractivity contribution in [3.63, 3.8) is 0 Å². The summed E-state index contributed by atoms with van der Waals surface area (Å²) in [5.74, 6) is 1.04. The number of nitrogens with two attached hydrogens (primary N) is 1. The summed E-state index contributed by atoms with van der Waals surface area (Å²) in [6.07, 6.45) is 0.873. The maximum Gasteiger partial charge on any atom is 0.142 e. The van der Waals surface area contributed by atoms with Crippen LogP contribution in [0.15, 0.2) is 42.5 Å². The van der Waals surface area contributed by atoms with Gasteiger partial charge in [0.25, 0.3) is 0 Å². The highest BCUT2D eigenvalue weighted by Crippen LogP contribution is 2.40. The first kappa shape index (κ1) is 13.8. The van der Waals surface area contributed by atoms with E-state index in [-0.39, 0.29) is 12.5 Å². The molecule has 2 aromatic carbocycles. The second-order valence-corrected chi connectivity index (χ2v) is 5.42. The van der Waals surface area contributed by atoms with Crippen LogP contribution in [-0.2, 0) is 6.42 Å². The van der Waals surface area contributed by atoms with Gasteiger partial charge in [-0.15, -0.1) is 0 Å². The minimum absolute atomic E-state index is 0.176.